The van der Waals surface area contributed by atoms with Crippen LogP contribution in [0.4, 0.5) is 11.6 Å². The number of thioether (sulfide) groups is 1. The Labute approximate surface area is 125 Å². The normalized spacial score (nSPS) is 17.1. The minimum Gasteiger partial charge on any atom is -0.370 e. The summed E-state index contributed by atoms with van der Waals surface area (Å²) in [6, 6.07) is 2.00. The lowest BCUT2D eigenvalue weighted by Gasteiger charge is -2.29. The third-order valence-electron chi connectivity index (χ3n) is 3.66. The van der Waals surface area contributed by atoms with E-state index in [0.29, 0.717) is 0 Å². The Kier molecular flexibility index (Phi) is 5.91. The number of nitrogens with zero attached hydrogens (tertiary/aromatic N) is 3. The fourth-order valence-corrected chi connectivity index (χ4v) is 2.77. The van der Waals surface area contributed by atoms with Crippen molar-refractivity contribution in [3.8, 4) is 0 Å². The third kappa shape index (κ3) is 4.52. The molecule has 1 aromatic rings. The highest BCUT2D eigenvalue weighted by Crippen LogP contribution is 2.20. The van der Waals surface area contributed by atoms with Crippen LogP contribution in [0.1, 0.15) is 19.8 Å². The van der Waals surface area contributed by atoms with Crippen molar-refractivity contribution in [2.75, 3.05) is 50.1 Å². The minimum absolute atomic E-state index is 0.751. The molecule has 0 saturated carbocycles. The molecule has 1 fully saturated rings. The zero-order valence-electron chi connectivity index (χ0n) is 12.6. The smallest absolute Gasteiger partial charge is 0.191 e. The summed E-state index contributed by atoms with van der Waals surface area (Å²) in [5.41, 5.74) is 0. The average molecular weight is 295 g/mol. The van der Waals surface area contributed by atoms with Gasteiger partial charge in [-0.2, -0.15) is 0 Å². The Morgan fingerprint density at radius 1 is 1.25 bits per heavy atom. The zero-order valence-corrected chi connectivity index (χ0v) is 13.5. The molecule has 20 heavy (non-hydrogen) atoms. The monoisotopic (exact) mass is 295 g/mol. The van der Waals surface area contributed by atoms with Crippen molar-refractivity contribution < 1.29 is 0 Å². The number of piperidine rings is 1. The van der Waals surface area contributed by atoms with E-state index in [-0.39, 0.29) is 0 Å². The molecule has 1 aliphatic heterocycles. The molecule has 0 radical (unpaired) electrons. The first-order valence-corrected chi connectivity index (χ1v) is 8.53. The Morgan fingerprint density at radius 2 is 1.90 bits per heavy atom. The first-order valence-electron chi connectivity index (χ1n) is 7.30. The van der Waals surface area contributed by atoms with Gasteiger partial charge in [0.25, 0.3) is 0 Å². The van der Waals surface area contributed by atoms with Gasteiger partial charge in [0.1, 0.15) is 11.6 Å². The van der Waals surface area contributed by atoms with Gasteiger partial charge in [-0.05, 0) is 52.1 Å². The molecular formula is C14H25N5S. The molecule has 0 bridgehead atoms. The van der Waals surface area contributed by atoms with E-state index >= 15 is 0 Å². The van der Waals surface area contributed by atoms with Crippen molar-refractivity contribution in [1.82, 2.24) is 14.9 Å². The summed E-state index contributed by atoms with van der Waals surface area (Å²) in [7, 11) is 2.20. The van der Waals surface area contributed by atoms with Gasteiger partial charge in [-0.25, -0.2) is 9.97 Å². The number of anilines is 2. The van der Waals surface area contributed by atoms with E-state index in [9.17, 15) is 0 Å². The van der Waals surface area contributed by atoms with Crippen molar-refractivity contribution in [3.63, 3.8) is 0 Å². The number of aromatic nitrogens is 2. The molecule has 1 aliphatic rings. The van der Waals surface area contributed by atoms with Crippen molar-refractivity contribution in [2.24, 2.45) is 5.92 Å². The van der Waals surface area contributed by atoms with Crippen molar-refractivity contribution in [1.29, 1.82) is 0 Å². The second-order valence-electron chi connectivity index (χ2n) is 5.28. The molecule has 0 aliphatic carbocycles. The first kappa shape index (κ1) is 15.4. The van der Waals surface area contributed by atoms with E-state index in [0.717, 1.165) is 35.8 Å². The highest BCUT2D eigenvalue weighted by atomic mass is 32.2. The van der Waals surface area contributed by atoms with Gasteiger partial charge in [-0.15, -0.1) is 0 Å². The SMILES string of the molecule is CCNc1cc(NCC2CCN(C)CC2)nc(SC)n1. The van der Waals surface area contributed by atoms with Crippen molar-refractivity contribution in [3.05, 3.63) is 6.07 Å². The summed E-state index contributed by atoms with van der Waals surface area (Å²) in [4.78, 5) is 11.4. The van der Waals surface area contributed by atoms with E-state index in [2.05, 4.69) is 39.5 Å². The number of hydrogen-bond acceptors (Lipinski definition) is 6. The molecule has 2 heterocycles. The zero-order chi connectivity index (χ0) is 14.4. The molecule has 0 unspecified atom stereocenters. The van der Waals surface area contributed by atoms with Crippen LogP contribution in [0.15, 0.2) is 11.2 Å². The molecule has 1 saturated heterocycles. The van der Waals surface area contributed by atoms with Gasteiger partial charge in [0.15, 0.2) is 5.16 Å². The second-order valence-corrected chi connectivity index (χ2v) is 6.06. The fraction of sp³-hybridized carbons (Fsp3) is 0.714. The van der Waals surface area contributed by atoms with Crippen LogP contribution >= 0.6 is 11.8 Å². The second kappa shape index (κ2) is 7.69. The van der Waals surface area contributed by atoms with Crippen LogP contribution in [-0.2, 0) is 0 Å². The van der Waals surface area contributed by atoms with E-state index in [1.54, 1.807) is 11.8 Å². The first-order chi connectivity index (χ1) is 9.71. The van der Waals surface area contributed by atoms with Crippen molar-refractivity contribution in [2.45, 2.75) is 24.9 Å². The molecule has 2 N–H and O–H groups in total. The Balaban J connectivity index is 1.92. The maximum absolute atomic E-state index is 4.52. The standard InChI is InChI=1S/C14H25N5S/c1-4-15-12-9-13(18-14(17-12)20-3)16-10-11-5-7-19(2)8-6-11/h9,11H,4-8,10H2,1-3H3,(H2,15,16,17,18). The number of likely N-dealkylation sites (tertiary alicyclic amines) is 1. The summed E-state index contributed by atoms with van der Waals surface area (Å²) in [6.07, 6.45) is 4.54. The molecule has 6 heteroatoms. The number of nitrogens with one attached hydrogen (secondary N) is 2. The van der Waals surface area contributed by atoms with Crippen LogP contribution in [0.25, 0.3) is 0 Å². The van der Waals surface area contributed by atoms with Crippen molar-refractivity contribution >= 4 is 23.4 Å². The predicted octanol–water partition coefficient (Wildman–Crippen LogP) is 2.38. The van der Waals surface area contributed by atoms with Gasteiger partial charge in [-0.3, -0.25) is 0 Å². The maximum Gasteiger partial charge on any atom is 0.191 e. The molecule has 2 rings (SSSR count). The Morgan fingerprint density at radius 3 is 2.50 bits per heavy atom. The van der Waals surface area contributed by atoms with Gasteiger partial charge < -0.3 is 15.5 Å². The Hall–Kier alpha value is -1.01. The topological polar surface area (TPSA) is 53.1 Å². The van der Waals surface area contributed by atoms with E-state index in [1.807, 2.05) is 12.3 Å². The maximum atomic E-state index is 4.52. The summed E-state index contributed by atoms with van der Waals surface area (Å²) in [5, 5.41) is 7.55. The summed E-state index contributed by atoms with van der Waals surface area (Å²) < 4.78 is 0. The third-order valence-corrected chi connectivity index (χ3v) is 4.20. The van der Waals surface area contributed by atoms with Crippen LogP contribution in [0.5, 0.6) is 0 Å². The van der Waals surface area contributed by atoms with Crippen LogP contribution in [0, 0.1) is 5.92 Å². The lowest BCUT2D eigenvalue weighted by Crippen LogP contribution is -2.33. The molecule has 0 spiro atoms. The van der Waals surface area contributed by atoms with Crippen LogP contribution in [0.2, 0.25) is 0 Å². The van der Waals surface area contributed by atoms with Gasteiger partial charge >= 0.3 is 0 Å². The van der Waals surface area contributed by atoms with Crippen LogP contribution < -0.4 is 10.6 Å². The predicted molar refractivity (Wildman–Crippen MR) is 86.7 cm³/mol. The molecule has 0 amide bonds. The van der Waals surface area contributed by atoms with E-state index in [4.69, 9.17) is 0 Å². The number of hydrogen-bond donors (Lipinski definition) is 2. The summed E-state index contributed by atoms with van der Waals surface area (Å²) >= 11 is 1.58. The van der Waals surface area contributed by atoms with E-state index < -0.39 is 0 Å². The molecule has 112 valence electrons. The molecule has 0 aromatic carbocycles. The van der Waals surface area contributed by atoms with Crippen LogP contribution in [-0.4, -0.2) is 54.4 Å². The van der Waals surface area contributed by atoms with Gasteiger partial charge in [0.2, 0.25) is 0 Å². The average Bonchev–Trinajstić information content (AvgIpc) is 2.47. The molecule has 0 atom stereocenters. The fourth-order valence-electron chi connectivity index (χ4n) is 2.39. The largest absolute Gasteiger partial charge is 0.370 e. The highest BCUT2D eigenvalue weighted by molar-refractivity contribution is 7.98. The molecule has 1 aromatic heterocycles. The lowest BCUT2D eigenvalue weighted by molar-refractivity contribution is 0.226. The van der Waals surface area contributed by atoms with Gasteiger partial charge in [-0.1, -0.05) is 11.8 Å². The quantitative estimate of drug-likeness (QED) is 0.621. The molecule has 5 nitrogen and oxygen atoms in total. The summed E-state index contributed by atoms with van der Waals surface area (Å²) in [6.45, 7) is 6.36. The number of rotatable bonds is 6. The minimum atomic E-state index is 0.751. The van der Waals surface area contributed by atoms with Crippen LogP contribution in [0.3, 0.4) is 0 Å². The Bertz CT molecular complexity index is 418. The highest BCUT2D eigenvalue weighted by Gasteiger charge is 2.16. The van der Waals surface area contributed by atoms with Gasteiger partial charge in [0, 0.05) is 19.2 Å². The molecular weight excluding hydrogens is 270 g/mol. The lowest BCUT2D eigenvalue weighted by atomic mass is 9.97. The van der Waals surface area contributed by atoms with E-state index in [1.165, 1.54) is 25.9 Å². The summed E-state index contributed by atoms with van der Waals surface area (Å²) in [5.74, 6) is 2.58. The van der Waals surface area contributed by atoms with Gasteiger partial charge in [0.05, 0.1) is 0 Å².